The lowest BCUT2D eigenvalue weighted by Gasteiger charge is -2.42. The summed E-state index contributed by atoms with van der Waals surface area (Å²) >= 11 is 0. The van der Waals surface area contributed by atoms with Crippen LogP contribution in [0.25, 0.3) is 0 Å². The maximum absolute atomic E-state index is 13.8. The zero-order valence-corrected chi connectivity index (χ0v) is 18.9. The maximum atomic E-state index is 13.8. The van der Waals surface area contributed by atoms with E-state index in [0.717, 1.165) is 36.1 Å². The van der Waals surface area contributed by atoms with Gasteiger partial charge in [-0.05, 0) is 66.4 Å². The Hall–Kier alpha value is -2.07. The molecule has 0 saturated carbocycles. The second kappa shape index (κ2) is 6.73. The third-order valence-corrected chi connectivity index (χ3v) is 7.96. The summed E-state index contributed by atoms with van der Waals surface area (Å²) in [4.78, 5) is 0.361. The van der Waals surface area contributed by atoms with E-state index >= 15 is 0 Å². The van der Waals surface area contributed by atoms with Crippen molar-refractivity contribution in [2.24, 2.45) is 10.8 Å². The molecule has 0 aromatic heterocycles. The smallest absolute Gasteiger partial charge is 0.259 e. The highest BCUT2D eigenvalue weighted by Gasteiger charge is 2.43. The molecule has 0 fully saturated rings. The zero-order valence-electron chi connectivity index (χ0n) is 18.1. The highest BCUT2D eigenvalue weighted by Crippen LogP contribution is 2.49. The van der Waals surface area contributed by atoms with Gasteiger partial charge in [0.05, 0.1) is 16.6 Å². The first-order valence-electron chi connectivity index (χ1n) is 10.4. The number of rotatable bonds is 3. The van der Waals surface area contributed by atoms with Crippen LogP contribution in [0, 0.1) is 17.8 Å². The summed E-state index contributed by atoms with van der Waals surface area (Å²) in [7, 11) is -3.65. The topological polar surface area (TPSA) is 37.4 Å². The fourth-order valence-electron chi connectivity index (χ4n) is 5.43. The van der Waals surface area contributed by atoms with E-state index in [2.05, 4.69) is 39.8 Å². The predicted molar refractivity (Wildman–Crippen MR) is 120 cm³/mol. The van der Waals surface area contributed by atoms with Crippen LogP contribution in [0.1, 0.15) is 51.7 Å². The van der Waals surface area contributed by atoms with Crippen LogP contribution in [0.5, 0.6) is 0 Å². The Morgan fingerprint density at radius 2 is 1.62 bits per heavy atom. The van der Waals surface area contributed by atoms with E-state index in [-0.39, 0.29) is 16.9 Å². The van der Waals surface area contributed by atoms with Gasteiger partial charge in [0.25, 0.3) is 10.0 Å². The summed E-state index contributed by atoms with van der Waals surface area (Å²) in [6, 6.07) is 15.0. The molecule has 0 N–H and O–H groups in total. The summed E-state index contributed by atoms with van der Waals surface area (Å²) in [5.74, 6) is 0. The van der Waals surface area contributed by atoms with Gasteiger partial charge in [0.2, 0.25) is 0 Å². The van der Waals surface area contributed by atoms with Gasteiger partial charge in [-0.15, -0.1) is 0 Å². The fourth-order valence-corrected chi connectivity index (χ4v) is 7.12. The Bertz CT molecular complexity index is 1060. The van der Waals surface area contributed by atoms with Crippen molar-refractivity contribution in [2.45, 2.75) is 64.8 Å². The standard InChI is InChI=1S/C25H31NO2S/c1-18-10-12-21(13-11-18)29(27,28)26-22-9-7-6-8-19(22)14-23(26)20-15-24(2,3)17-25(4,5)16-20/h6-13,15,23H,14,16-17H2,1-5H3. The van der Waals surface area contributed by atoms with Crippen LogP contribution in [0.4, 0.5) is 5.69 Å². The summed E-state index contributed by atoms with van der Waals surface area (Å²) in [5, 5.41) is 0. The molecule has 1 heterocycles. The van der Waals surface area contributed by atoms with Gasteiger partial charge in [0.1, 0.15) is 0 Å². The second-order valence-corrected chi connectivity index (χ2v) is 12.0. The van der Waals surface area contributed by atoms with E-state index in [1.807, 2.05) is 37.3 Å². The average molecular weight is 410 g/mol. The minimum Gasteiger partial charge on any atom is -0.259 e. The van der Waals surface area contributed by atoms with Crippen molar-refractivity contribution in [1.82, 2.24) is 0 Å². The van der Waals surface area contributed by atoms with Crippen molar-refractivity contribution in [3.05, 3.63) is 71.3 Å². The van der Waals surface area contributed by atoms with Gasteiger partial charge in [-0.1, -0.05) is 69.7 Å². The van der Waals surface area contributed by atoms with Gasteiger partial charge in [0, 0.05) is 0 Å². The molecule has 1 unspecified atom stereocenters. The number of allylic oxidation sites excluding steroid dienone is 1. The van der Waals surface area contributed by atoms with E-state index < -0.39 is 10.0 Å². The first-order valence-corrected chi connectivity index (χ1v) is 11.8. The molecule has 0 bridgehead atoms. The molecule has 2 aliphatic rings. The Morgan fingerprint density at radius 1 is 0.966 bits per heavy atom. The van der Waals surface area contributed by atoms with Crippen LogP contribution in [-0.4, -0.2) is 14.5 Å². The third-order valence-electron chi connectivity index (χ3n) is 6.12. The molecule has 2 aromatic carbocycles. The lowest BCUT2D eigenvalue weighted by molar-refractivity contribution is 0.210. The minimum absolute atomic E-state index is 0.0607. The normalized spacial score (nSPS) is 22.9. The first-order chi connectivity index (χ1) is 13.5. The molecule has 4 heteroatoms. The van der Waals surface area contributed by atoms with Crippen molar-refractivity contribution in [3.63, 3.8) is 0 Å². The second-order valence-electron chi connectivity index (χ2n) is 10.2. The van der Waals surface area contributed by atoms with Gasteiger partial charge < -0.3 is 0 Å². The van der Waals surface area contributed by atoms with Crippen LogP contribution in [0.15, 0.2) is 65.1 Å². The van der Waals surface area contributed by atoms with Crippen LogP contribution >= 0.6 is 0 Å². The van der Waals surface area contributed by atoms with Crippen molar-refractivity contribution in [2.75, 3.05) is 4.31 Å². The number of nitrogens with zero attached hydrogens (tertiary/aromatic N) is 1. The molecule has 154 valence electrons. The molecule has 0 spiro atoms. The Balaban J connectivity index is 1.85. The molecule has 1 atom stereocenters. The average Bonchev–Trinajstić information content (AvgIpc) is 3.00. The van der Waals surface area contributed by atoms with E-state index in [0.29, 0.717) is 4.90 Å². The largest absolute Gasteiger partial charge is 0.264 e. The van der Waals surface area contributed by atoms with E-state index in [9.17, 15) is 8.42 Å². The summed E-state index contributed by atoms with van der Waals surface area (Å²) < 4.78 is 29.3. The first kappa shape index (κ1) is 20.2. The fraction of sp³-hybridized carbons (Fsp3) is 0.440. The summed E-state index contributed by atoms with van der Waals surface area (Å²) in [6.07, 6.45) is 5.11. The van der Waals surface area contributed by atoms with Gasteiger partial charge in [-0.3, -0.25) is 4.31 Å². The number of benzene rings is 2. The van der Waals surface area contributed by atoms with Gasteiger partial charge >= 0.3 is 0 Å². The zero-order chi connectivity index (χ0) is 21.0. The van der Waals surface area contributed by atoms with Gasteiger partial charge in [-0.25, -0.2) is 8.42 Å². The number of fused-ring (bicyclic) bond motifs is 1. The van der Waals surface area contributed by atoms with Crippen molar-refractivity contribution < 1.29 is 8.42 Å². The molecule has 1 aliphatic carbocycles. The lowest BCUT2D eigenvalue weighted by atomic mass is 9.65. The Kier molecular flexibility index (Phi) is 4.69. The van der Waals surface area contributed by atoms with E-state index in [1.165, 1.54) is 5.57 Å². The van der Waals surface area contributed by atoms with E-state index in [4.69, 9.17) is 0 Å². The quantitative estimate of drug-likeness (QED) is 0.593. The van der Waals surface area contributed by atoms with Crippen molar-refractivity contribution in [1.29, 1.82) is 0 Å². The molecule has 2 aromatic rings. The van der Waals surface area contributed by atoms with Crippen molar-refractivity contribution >= 4 is 15.7 Å². The highest BCUT2D eigenvalue weighted by atomic mass is 32.2. The summed E-state index contributed by atoms with van der Waals surface area (Å²) in [5.41, 5.74) is 4.45. The number of para-hydroxylation sites is 1. The lowest BCUT2D eigenvalue weighted by Crippen LogP contribution is -2.42. The maximum Gasteiger partial charge on any atom is 0.264 e. The van der Waals surface area contributed by atoms with Crippen molar-refractivity contribution in [3.8, 4) is 0 Å². The van der Waals surface area contributed by atoms with Crippen LogP contribution < -0.4 is 4.31 Å². The monoisotopic (exact) mass is 409 g/mol. The molecular weight excluding hydrogens is 378 g/mol. The number of hydrogen-bond donors (Lipinski definition) is 0. The number of sulfonamides is 1. The molecule has 1 aliphatic heterocycles. The van der Waals surface area contributed by atoms with E-state index in [1.54, 1.807) is 16.4 Å². The number of hydrogen-bond acceptors (Lipinski definition) is 2. The van der Waals surface area contributed by atoms with Gasteiger partial charge in [-0.2, -0.15) is 0 Å². The molecule has 0 saturated heterocycles. The van der Waals surface area contributed by atoms with Crippen LogP contribution in [-0.2, 0) is 16.4 Å². The Morgan fingerprint density at radius 3 is 2.28 bits per heavy atom. The molecule has 0 amide bonds. The third kappa shape index (κ3) is 3.75. The van der Waals surface area contributed by atoms with Crippen LogP contribution in [0.3, 0.4) is 0 Å². The number of aryl methyl sites for hydroxylation is 1. The minimum atomic E-state index is -3.65. The SMILES string of the molecule is Cc1ccc(S(=O)(=O)N2c3ccccc3CC2C2=CC(C)(C)CC(C)(C)C2)cc1. The van der Waals surface area contributed by atoms with Gasteiger partial charge in [0.15, 0.2) is 0 Å². The molecule has 29 heavy (non-hydrogen) atoms. The molecule has 4 rings (SSSR count). The molecular formula is C25H31NO2S. The van der Waals surface area contributed by atoms with Crippen LogP contribution in [0.2, 0.25) is 0 Å². The highest BCUT2D eigenvalue weighted by molar-refractivity contribution is 7.92. The summed E-state index contributed by atoms with van der Waals surface area (Å²) in [6.45, 7) is 11.1. The number of anilines is 1. The molecule has 3 nitrogen and oxygen atoms in total. The molecule has 0 radical (unpaired) electrons. The predicted octanol–water partition coefficient (Wildman–Crippen LogP) is 5.89. The Labute approximate surface area is 175 Å².